The molecule has 3 heteroatoms. The number of benzene rings is 1. The first-order valence-corrected chi connectivity index (χ1v) is 5.76. The summed E-state index contributed by atoms with van der Waals surface area (Å²) in [6, 6.07) is 6.32. The number of nitrogens with one attached hydrogen (secondary N) is 1. The summed E-state index contributed by atoms with van der Waals surface area (Å²) in [4.78, 5) is 0. The molecule has 3 nitrogen and oxygen atoms in total. The maximum atomic E-state index is 6.38. The number of aromatic nitrogens is 2. The zero-order valence-corrected chi connectivity index (χ0v) is 9.75. The Morgan fingerprint density at radius 3 is 2.81 bits per heavy atom. The molecule has 1 aliphatic rings. The number of fused-ring (bicyclic) bond motifs is 1. The summed E-state index contributed by atoms with van der Waals surface area (Å²) in [6.07, 6.45) is 4.10. The zero-order valence-electron chi connectivity index (χ0n) is 9.75. The Balaban J connectivity index is 2.22. The van der Waals surface area contributed by atoms with Gasteiger partial charge in [0.05, 0.1) is 11.7 Å². The van der Waals surface area contributed by atoms with Gasteiger partial charge in [0.15, 0.2) is 0 Å². The van der Waals surface area contributed by atoms with E-state index in [2.05, 4.69) is 42.2 Å². The minimum absolute atomic E-state index is 0.000949. The van der Waals surface area contributed by atoms with E-state index in [1.807, 2.05) is 6.20 Å². The van der Waals surface area contributed by atoms with Gasteiger partial charge >= 0.3 is 0 Å². The van der Waals surface area contributed by atoms with Gasteiger partial charge in [-0.1, -0.05) is 32.0 Å². The van der Waals surface area contributed by atoms with Gasteiger partial charge < -0.3 is 5.73 Å². The average molecular weight is 215 g/mol. The maximum Gasteiger partial charge on any atom is 0.0688 e. The number of H-pyrrole nitrogens is 1. The molecule has 1 saturated carbocycles. The molecule has 0 unspecified atom stereocenters. The summed E-state index contributed by atoms with van der Waals surface area (Å²) in [7, 11) is 0. The molecule has 0 aliphatic heterocycles. The van der Waals surface area contributed by atoms with E-state index in [9.17, 15) is 0 Å². The molecular weight excluding hydrogens is 198 g/mol. The van der Waals surface area contributed by atoms with Crippen LogP contribution in [0.15, 0.2) is 24.4 Å². The molecular formula is C13H17N3. The lowest BCUT2D eigenvalue weighted by molar-refractivity contribution is 0.394. The molecule has 2 aromatic rings. The molecule has 0 radical (unpaired) electrons. The van der Waals surface area contributed by atoms with E-state index in [1.165, 1.54) is 5.56 Å². The van der Waals surface area contributed by atoms with Crippen LogP contribution in [-0.2, 0) is 5.41 Å². The van der Waals surface area contributed by atoms with Crippen LogP contribution in [0.1, 0.15) is 32.3 Å². The molecule has 3 rings (SSSR count). The van der Waals surface area contributed by atoms with Gasteiger partial charge in [-0.15, -0.1) is 0 Å². The molecule has 84 valence electrons. The molecule has 1 aliphatic carbocycles. The van der Waals surface area contributed by atoms with Crippen molar-refractivity contribution in [1.29, 1.82) is 0 Å². The molecule has 3 N–H and O–H groups in total. The van der Waals surface area contributed by atoms with Crippen LogP contribution in [0.25, 0.3) is 10.9 Å². The fraction of sp³-hybridized carbons (Fsp3) is 0.462. The third-order valence-corrected chi connectivity index (χ3v) is 4.18. The summed E-state index contributed by atoms with van der Waals surface area (Å²) in [5.41, 5.74) is 8.75. The van der Waals surface area contributed by atoms with Gasteiger partial charge in [-0.25, -0.2) is 0 Å². The SMILES string of the molecule is CC(C)(c1cccc2cn[nH]c12)C1(N)CC1. The smallest absolute Gasteiger partial charge is 0.0688 e. The Labute approximate surface area is 95.0 Å². The predicted octanol–water partition coefficient (Wildman–Crippen LogP) is 2.33. The van der Waals surface area contributed by atoms with Crippen LogP contribution >= 0.6 is 0 Å². The first-order valence-electron chi connectivity index (χ1n) is 5.76. The van der Waals surface area contributed by atoms with E-state index >= 15 is 0 Å². The number of hydrogen-bond donors (Lipinski definition) is 2. The summed E-state index contributed by atoms with van der Waals surface area (Å²) < 4.78 is 0. The number of rotatable bonds is 2. The largest absolute Gasteiger partial charge is 0.324 e. The minimum atomic E-state index is -0.0353. The standard InChI is InChI=1S/C13H17N3/c1-12(2,13(14)6-7-13)10-5-3-4-9-8-15-16-11(9)10/h3-5,8H,6-7,14H2,1-2H3,(H,15,16). The van der Waals surface area contributed by atoms with E-state index in [0.717, 1.165) is 23.7 Å². The van der Waals surface area contributed by atoms with E-state index in [4.69, 9.17) is 5.73 Å². The lowest BCUT2D eigenvalue weighted by Crippen LogP contribution is -2.43. The molecule has 1 heterocycles. The first-order chi connectivity index (χ1) is 7.55. The Bertz CT molecular complexity index is 535. The summed E-state index contributed by atoms with van der Waals surface area (Å²) >= 11 is 0. The second-order valence-corrected chi connectivity index (χ2v) is 5.42. The number of hydrogen-bond acceptors (Lipinski definition) is 2. The lowest BCUT2D eigenvalue weighted by atomic mass is 9.75. The van der Waals surface area contributed by atoms with Crippen LogP contribution in [-0.4, -0.2) is 15.7 Å². The number of para-hydroxylation sites is 1. The number of nitrogens with two attached hydrogens (primary N) is 1. The van der Waals surface area contributed by atoms with Crippen molar-refractivity contribution in [2.24, 2.45) is 5.73 Å². The van der Waals surface area contributed by atoms with Gasteiger partial charge in [0.1, 0.15) is 0 Å². The third kappa shape index (κ3) is 1.15. The normalized spacial score (nSPS) is 18.9. The van der Waals surface area contributed by atoms with Crippen molar-refractivity contribution in [2.45, 2.75) is 37.6 Å². The van der Waals surface area contributed by atoms with Crippen LogP contribution in [0.5, 0.6) is 0 Å². The topological polar surface area (TPSA) is 54.7 Å². The summed E-state index contributed by atoms with van der Waals surface area (Å²) in [5, 5.41) is 8.36. The fourth-order valence-electron chi connectivity index (χ4n) is 2.52. The zero-order chi connectivity index (χ0) is 11.4. The van der Waals surface area contributed by atoms with E-state index in [-0.39, 0.29) is 11.0 Å². The van der Waals surface area contributed by atoms with Gasteiger partial charge in [0.25, 0.3) is 0 Å². The Hall–Kier alpha value is -1.35. The van der Waals surface area contributed by atoms with Gasteiger partial charge in [-0.05, 0) is 18.4 Å². The fourth-order valence-corrected chi connectivity index (χ4v) is 2.52. The van der Waals surface area contributed by atoms with Gasteiger partial charge in [0.2, 0.25) is 0 Å². The number of aromatic amines is 1. The predicted molar refractivity (Wildman–Crippen MR) is 65.3 cm³/mol. The van der Waals surface area contributed by atoms with Crippen LogP contribution in [0, 0.1) is 0 Å². The molecule has 1 aromatic heterocycles. The van der Waals surface area contributed by atoms with Crippen molar-refractivity contribution in [3.05, 3.63) is 30.0 Å². The quantitative estimate of drug-likeness (QED) is 0.807. The number of nitrogens with zero attached hydrogens (tertiary/aromatic N) is 1. The second kappa shape index (κ2) is 2.86. The van der Waals surface area contributed by atoms with Crippen molar-refractivity contribution in [3.8, 4) is 0 Å². The van der Waals surface area contributed by atoms with Gasteiger partial charge in [-0.3, -0.25) is 5.10 Å². The van der Waals surface area contributed by atoms with Crippen LogP contribution < -0.4 is 5.73 Å². The first kappa shape index (κ1) is 9.85. The Morgan fingerprint density at radius 2 is 2.12 bits per heavy atom. The molecule has 0 amide bonds. The minimum Gasteiger partial charge on any atom is -0.324 e. The molecule has 0 spiro atoms. The van der Waals surface area contributed by atoms with E-state index in [1.54, 1.807) is 0 Å². The summed E-state index contributed by atoms with van der Waals surface area (Å²) in [6.45, 7) is 4.46. The molecule has 1 aromatic carbocycles. The van der Waals surface area contributed by atoms with Crippen molar-refractivity contribution < 1.29 is 0 Å². The monoisotopic (exact) mass is 215 g/mol. The van der Waals surface area contributed by atoms with Crippen LogP contribution in [0.2, 0.25) is 0 Å². The van der Waals surface area contributed by atoms with Crippen LogP contribution in [0.3, 0.4) is 0 Å². The maximum absolute atomic E-state index is 6.38. The van der Waals surface area contributed by atoms with E-state index < -0.39 is 0 Å². The second-order valence-electron chi connectivity index (χ2n) is 5.42. The van der Waals surface area contributed by atoms with Crippen molar-refractivity contribution in [2.75, 3.05) is 0 Å². The Kier molecular flexibility index (Phi) is 1.76. The van der Waals surface area contributed by atoms with Crippen molar-refractivity contribution in [1.82, 2.24) is 10.2 Å². The lowest BCUT2D eigenvalue weighted by Gasteiger charge is -2.32. The average Bonchev–Trinajstić information content (AvgIpc) is 2.84. The van der Waals surface area contributed by atoms with Crippen molar-refractivity contribution in [3.63, 3.8) is 0 Å². The van der Waals surface area contributed by atoms with Gasteiger partial charge in [-0.2, -0.15) is 5.10 Å². The highest BCUT2D eigenvalue weighted by Crippen LogP contribution is 2.50. The van der Waals surface area contributed by atoms with Gasteiger partial charge in [0, 0.05) is 16.3 Å². The Morgan fingerprint density at radius 1 is 1.38 bits per heavy atom. The third-order valence-electron chi connectivity index (χ3n) is 4.18. The molecule has 16 heavy (non-hydrogen) atoms. The van der Waals surface area contributed by atoms with Crippen molar-refractivity contribution >= 4 is 10.9 Å². The molecule has 1 fully saturated rings. The summed E-state index contributed by atoms with van der Waals surface area (Å²) in [5.74, 6) is 0. The molecule has 0 bridgehead atoms. The highest BCUT2D eigenvalue weighted by atomic mass is 15.1. The highest BCUT2D eigenvalue weighted by Gasteiger charge is 2.52. The molecule has 0 saturated heterocycles. The van der Waals surface area contributed by atoms with Crippen LogP contribution in [0.4, 0.5) is 0 Å². The highest BCUT2D eigenvalue weighted by molar-refractivity contribution is 5.82. The molecule has 0 atom stereocenters. The van der Waals surface area contributed by atoms with E-state index in [0.29, 0.717) is 0 Å².